The smallest absolute Gasteiger partial charge is 0.138 e. The maximum Gasteiger partial charge on any atom is 0.138 e. The van der Waals surface area contributed by atoms with Gasteiger partial charge in [0.1, 0.15) is 17.0 Å². The maximum absolute atomic E-state index is 9.02. The van der Waals surface area contributed by atoms with Gasteiger partial charge in [-0.3, -0.25) is 0 Å². The molecule has 1 atom stereocenters. The number of nitrogens with one attached hydrogen (secondary N) is 1. The topological polar surface area (TPSA) is 58.0 Å². The van der Waals surface area contributed by atoms with Crippen LogP contribution in [0.3, 0.4) is 0 Å². The Bertz CT molecular complexity index is 483. The number of aliphatic hydroxyl groups excluding tert-OH is 1. The minimum Gasteiger partial charge on any atom is -0.394 e. The van der Waals surface area contributed by atoms with Crippen molar-refractivity contribution in [2.75, 3.05) is 11.9 Å². The molecule has 2 aromatic heterocycles. The number of fused-ring (bicyclic) bond motifs is 1. The highest BCUT2D eigenvalue weighted by atomic mass is 32.1. The van der Waals surface area contributed by atoms with Gasteiger partial charge in [0.15, 0.2) is 0 Å². The van der Waals surface area contributed by atoms with Crippen molar-refractivity contribution >= 4 is 27.4 Å². The van der Waals surface area contributed by atoms with Crippen LogP contribution in [0.1, 0.15) is 18.7 Å². The average Bonchev–Trinajstić information content (AvgIpc) is 2.73. The second kappa shape index (κ2) is 4.76. The second-order valence-electron chi connectivity index (χ2n) is 3.74. The van der Waals surface area contributed by atoms with Crippen LogP contribution in [0.25, 0.3) is 10.2 Å². The van der Waals surface area contributed by atoms with E-state index in [1.54, 1.807) is 17.7 Å². The molecule has 0 aliphatic carbocycles. The first-order valence-corrected chi connectivity index (χ1v) is 6.17. The molecular weight excluding hydrogens is 222 g/mol. The Hall–Kier alpha value is -1.20. The van der Waals surface area contributed by atoms with Crippen LogP contribution in [0.15, 0.2) is 12.4 Å². The molecule has 0 amide bonds. The third-order valence-electron chi connectivity index (χ3n) is 2.39. The predicted octanol–water partition coefficient (Wildman–Crippen LogP) is 2.05. The van der Waals surface area contributed by atoms with E-state index in [1.165, 1.54) is 4.88 Å². The van der Waals surface area contributed by atoms with Gasteiger partial charge >= 0.3 is 0 Å². The maximum atomic E-state index is 9.02. The number of nitrogens with zero attached hydrogens (tertiary/aromatic N) is 2. The Morgan fingerprint density at radius 2 is 2.31 bits per heavy atom. The van der Waals surface area contributed by atoms with Gasteiger partial charge in [-0.1, -0.05) is 6.92 Å². The highest BCUT2D eigenvalue weighted by molar-refractivity contribution is 7.18. The number of hydrogen-bond acceptors (Lipinski definition) is 5. The van der Waals surface area contributed by atoms with Gasteiger partial charge in [-0.05, 0) is 19.4 Å². The molecule has 2 heterocycles. The number of aromatic nitrogens is 2. The molecule has 0 radical (unpaired) electrons. The Balaban J connectivity index is 2.40. The van der Waals surface area contributed by atoms with E-state index in [2.05, 4.69) is 28.3 Å². The van der Waals surface area contributed by atoms with E-state index in [0.29, 0.717) is 0 Å². The molecule has 5 heteroatoms. The van der Waals surface area contributed by atoms with Crippen molar-refractivity contribution in [3.8, 4) is 0 Å². The van der Waals surface area contributed by atoms with E-state index in [4.69, 9.17) is 5.11 Å². The Kier molecular flexibility index (Phi) is 3.36. The molecule has 4 nitrogen and oxygen atoms in total. The zero-order valence-electron chi connectivity index (χ0n) is 9.40. The lowest BCUT2D eigenvalue weighted by molar-refractivity contribution is 0.281. The third kappa shape index (κ3) is 2.15. The minimum atomic E-state index is 0.00285. The molecule has 0 fully saturated rings. The van der Waals surface area contributed by atoms with Crippen LogP contribution in [0, 0.1) is 0 Å². The lowest BCUT2D eigenvalue weighted by atomic mass is 10.3. The van der Waals surface area contributed by atoms with Crippen molar-refractivity contribution in [1.29, 1.82) is 0 Å². The van der Waals surface area contributed by atoms with Crippen LogP contribution >= 0.6 is 11.3 Å². The summed E-state index contributed by atoms with van der Waals surface area (Å²) >= 11 is 1.69. The zero-order chi connectivity index (χ0) is 11.5. The van der Waals surface area contributed by atoms with Crippen molar-refractivity contribution in [2.45, 2.75) is 26.3 Å². The SMILES string of the molecule is CCc1cc2c(N[C@@H](C)CO)ncnc2s1. The lowest BCUT2D eigenvalue weighted by Crippen LogP contribution is -2.20. The van der Waals surface area contributed by atoms with Gasteiger partial charge < -0.3 is 10.4 Å². The largest absolute Gasteiger partial charge is 0.394 e. The highest BCUT2D eigenvalue weighted by Gasteiger charge is 2.09. The molecule has 0 saturated carbocycles. The zero-order valence-corrected chi connectivity index (χ0v) is 10.2. The van der Waals surface area contributed by atoms with E-state index in [9.17, 15) is 0 Å². The van der Waals surface area contributed by atoms with Gasteiger partial charge in [-0.25, -0.2) is 9.97 Å². The van der Waals surface area contributed by atoms with Crippen LogP contribution < -0.4 is 5.32 Å². The monoisotopic (exact) mass is 237 g/mol. The molecule has 0 aromatic carbocycles. The van der Waals surface area contributed by atoms with E-state index in [1.807, 2.05) is 6.92 Å². The van der Waals surface area contributed by atoms with Crippen molar-refractivity contribution in [1.82, 2.24) is 9.97 Å². The molecule has 0 bridgehead atoms. The minimum absolute atomic E-state index is 0.00285. The molecule has 0 spiro atoms. The molecule has 16 heavy (non-hydrogen) atoms. The van der Waals surface area contributed by atoms with E-state index >= 15 is 0 Å². The second-order valence-corrected chi connectivity index (χ2v) is 4.85. The van der Waals surface area contributed by atoms with Crippen molar-refractivity contribution in [3.05, 3.63) is 17.3 Å². The fourth-order valence-corrected chi connectivity index (χ4v) is 2.41. The normalized spacial score (nSPS) is 12.9. The summed E-state index contributed by atoms with van der Waals surface area (Å²) < 4.78 is 0. The van der Waals surface area contributed by atoms with Crippen LogP contribution in [0.5, 0.6) is 0 Å². The molecule has 2 rings (SSSR count). The van der Waals surface area contributed by atoms with Crippen molar-refractivity contribution in [2.24, 2.45) is 0 Å². The first-order chi connectivity index (χ1) is 7.74. The molecule has 0 unspecified atom stereocenters. The van der Waals surface area contributed by atoms with Gasteiger partial charge in [-0.2, -0.15) is 0 Å². The predicted molar refractivity (Wildman–Crippen MR) is 67.0 cm³/mol. The Morgan fingerprint density at radius 1 is 1.50 bits per heavy atom. The van der Waals surface area contributed by atoms with Crippen molar-refractivity contribution in [3.63, 3.8) is 0 Å². The van der Waals surface area contributed by atoms with E-state index in [0.717, 1.165) is 22.5 Å². The number of thiophene rings is 1. The van der Waals surface area contributed by atoms with Crippen LogP contribution in [0.2, 0.25) is 0 Å². The lowest BCUT2D eigenvalue weighted by Gasteiger charge is -2.11. The van der Waals surface area contributed by atoms with Gasteiger partial charge in [0.2, 0.25) is 0 Å². The van der Waals surface area contributed by atoms with E-state index < -0.39 is 0 Å². The molecule has 2 N–H and O–H groups in total. The number of rotatable bonds is 4. The van der Waals surface area contributed by atoms with Gasteiger partial charge in [0.25, 0.3) is 0 Å². The summed E-state index contributed by atoms with van der Waals surface area (Å²) in [6.07, 6.45) is 2.57. The fraction of sp³-hybridized carbons (Fsp3) is 0.455. The first-order valence-electron chi connectivity index (χ1n) is 5.35. The fourth-order valence-electron chi connectivity index (χ4n) is 1.47. The Morgan fingerprint density at radius 3 is 3.00 bits per heavy atom. The summed E-state index contributed by atoms with van der Waals surface area (Å²) in [5.41, 5.74) is 0. The third-order valence-corrected chi connectivity index (χ3v) is 3.57. The molecule has 0 aliphatic rings. The van der Waals surface area contributed by atoms with Crippen LogP contribution in [0.4, 0.5) is 5.82 Å². The highest BCUT2D eigenvalue weighted by Crippen LogP contribution is 2.28. The molecule has 2 aromatic rings. The number of aliphatic hydroxyl groups is 1. The number of aryl methyl sites for hydroxylation is 1. The number of anilines is 1. The van der Waals surface area contributed by atoms with Gasteiger partial charge in [0.05, 0.1) is 12.0 Å². The van der Waals surface area contributed by atoms with Gasteiger partial charge in [-0.15, -0.1) is 11.3 Å². The summed E-state index contributed by atoms with van der Waals surface area (Å²) in [5.74, 6) is 0.808. The first kappa shape index (κ1) is 11.3. The Labute approximate surface area is 98.4 Å². The number of hydrogen-bond donors (Lipinski definition) is 2. The summed E-state index contributed by atoms with van der Waals surface area (Å²) in [4.78, 5) is 10.8. The molecular formula is C11H15N3OS. The van der Waals surface area contributed by atoms with Crippen LogP contribution in [-0.4, -0.2) is 27.7 Å². The summed E-state index contributed by atoms with van der Waals surface area (Å²) in [5, 5.41) is 13.2. The summed E-state index contributed by atoms with van der Waals surface area (Å²) in [6.45, 7) is 4.14. The standard InChI is InChI=1S/C11H15N3OS/c1-3-8-4-9-10(14-7(2)5-15)12-6-13-11(9)16-8/h4,6-7,15H,3,5H2,1-2H3,(H,12,13,14)/t7-/m0/s1. The molecule has 0 aliphatic heterocycles. The summed E-state index contributed by atoms with van der Waals surface area (Å²) in [7, 11) is 0. The quantitative estimate of drug-likeness (QED) is 0.854. The average molecular weight is 237 g/mol. The molecule has 86 valence electrons. The van der Waals surface area contributed by atoms with E-state index in [-0.39, 0.29) is 12.6 Å². The van der Waals surface area contributed by atoms with Gasteiger partial charge in [0, 0.05) is 10.9 Å². The molecule has 0 saturated heterocycles. The summed E-state index contributed by atoms with van der Waals surface area (Å²) in [6, 6.07) is 2.12. The van der Waals surface area contributed by atoms with Crippen LogP contribution in [-0.2, 0) is 6.42 Å². The van der Waals surface area contributed by atoms with Crippen molar-refractivity contribution < 1.29 is 5.11 Å².